The molecule has 2 heterocycles. The molecular weight excluding hydrogens is 460 g/mol. The third kappa shape index (κ3) is 6.20. The molecule has 0 saturated carbocycles. The summed E-state index contributed by atoms with van der Waals surface area (Å²) in [4.78, 5) is 37.5. The van der Waals surface area contributed by atoms with Gasteiger partial charge in [-0.05, 0) is 43.5 Å². The van der Waals surface area contributed by atoms with E-state index in [2.05, 4.69) is 27.6 Å². The van der Waals surface area contributed by atoms with E-state index in [9.17, 15) is 13.8 Å². The lowest BCUT2D eigenvalue weighted by molar-refractivity contribution is 0.0880. The van der Waals surface area contributed by atoms with E-state index in [-0.39, 0.29) is 12.2 Å². The van der Waals surface area contributed by atoms with E-state index in [1.165, 1.54) is 11.0 Å². The molecule has 1 aliphatic rings. The van der Waals surface area contributed by atoms with Gasteiger partial charge in [0.25, 0.3) is 0 Å². The maximum absolute atomic E-state index is 14.9. The first-order chi connectivity index (χ1) is 15.2. The molecule has 2 N–H and O–H groups in total. The number of benzene rings is 1. The minimum Gasteiger partial charge on any atom is -0.441 e. The van der Waals surface area contributed by atoms with E-state index in [0.717, 1.165) is 24.7 Å². The zero-order valence-corrected chi connectivity index (χ0v) is 19.4. The normalized spacial score (nSPS) is 16.3. The Morgan fingerprint density at radius 3 is 2.75 bits per heavy atom. The Kier molecular flexibility index (Phi) is 8.13. The molecule has 174 valence electrons. The molecule has 0 radical (unpaired) electrons. The van der Waals surface area contributed by atoms with E-state index < -0.39 is 32.4 Å². The average molecular weight is 485 g/mol. The second-order valence-electron chi connectivity index (χ2n) is 7.04. The fraction of sp³-hybridized carbons (Fsp3) is 0.400. The number of hydrogen-bond acceptors (Lipinski definition) is 7. The number of rotatable bonds is 10. The molecule has 1 fully saturated rings. The molecule has 3 rings (SSSR count). The molecule has 0 aliphatic carbocycles. The highest BCUT2D eigenvalue weighted by molar-refractivity contribution is 7.98. The molecule has 1 aromatic carbocycles. The summed E-state index contributed by atoms with van der Waals surface area (Å²) >= 11 is 1.76. The fourth-order valence-corrected chi connectivity index (χ4v) is 4.04. The Hall–Kier alpha value is -2.17. The molecule has 9 nitrogen and oxygen atoms in total. The average Bonchev–Trinajstić information content (AvgIpc) is 3.13. The van der Waals surface area contributed by atoms with Gasteiger partial charge in [-0.3, -0.25) is 9.42 Å². The standard InChI is InChI=1S/C20H25FN3O6PS/c1-3-23(8-9-32-2)19-7-4-14(11-22-19)17-6-5-15(10-18(17)21)24-12-16(30-20(24)25)13-29-31(26,27)28/h4-7,10-11,16H,3,8-9,12-13H2,1-2H3,(H2,26,27,28). The van der Waals surface area contributed by atoms with Crippen molar-refractivity contribution in [2.24, 2.45) is 0 Å². The first kappa shape index (κ1) is 24.5. The van der Waals surface area contributed by atoms with E-state index >= 15 is 0 Å². The predicted molar refractivity (Wildman–Crippen MR) is 122 cm³/mol. The maximum atomic E-state index is 14.9. The van der Waals surface area contributed by atoms with Gasteiger partial charge in [0.05, 0.1) is 18.8 Å². The van der Waals surface area contributed by atoms with Gasteiger partial charge in [-0.15, -0.1) is 0 Å². The Labute approximate surface area is 189 Å². The number of ether oxygens (including phenoxy) is 1. The Bertz CT molecular complexity index is 990. The number of carbonyl (C=O) groups excluding carboxylic acids is 1. The Morgan fingerprint density at radius 2 is 2.16 bits per heavy atom. The van der Waals surface area contributed by atoms with Crippen LogP contribution in [0.3, 0.4) is 0 Å². The zero-order chi connectivity index (χ0) is 23.3. The van der Waals surface area contributed by atoms with Crippen molar-refractivity contribution in [3.63, 3.8) is 0 Å². The van der Waals surface area contributed by atoms with Crippen LogP contribution in [-0.2, 0) is 13.8 Å². The van der Waals surface area contributed by atoms with Crippen molar-refractivity contribution in [3.05, 3.63) is 42.3 Å². The van der Waals surface area contributed by atoms with Crippen molar-refractivity contribution in [3.8, 4) is 11.1 Å². The van der Waals surface area contributed by atoms with E-state index in [0.29, 0.717) is 11.1 Å². The minimum atomic E-state index is -4.68. The smallest absolute Gasteiger partial charge is 0.441 e. The summed E-state index contributed by atoms with van der Waals surface area (Å²) in [6.07, 6.45) is 2.05. The quantitative estimate of drug-likeness (QED) is 0.488. The van der Waals surface area contributed by atoms with Crippen molar-refractivity contribution >= 4 is 37.2 Å². The van der Waals surface area contributed by atoms with Crippen LogP contribution in [0.15, 0.2) is 36.5 Å². The summed E-state index contributed by atoms with van der Waals surface area (Å²) in [6, 6.07) is 8.02. The number of carbonyl (C=O) groups is 1. The van der Waals surface area contributed by atoms with Crippen LogP contribution in [0.2, 0.25) is 0 Å². The highest BCUT2D eigenvalue weighted by Gasteiger charge is 2.34. The molecule has 1 saturated heterocycles. The number of anilines is 2. The van der Waals surface area contributed by atoms with Crippen LogP contribution < -0.4 is 9.80 Å². The van der Waals surface area contributed by atoms with Crippen LogP contribution in [0.1, 0.15) is 6.92 Å². The van der Waals surface area contributed by atoms with Gasteiger partial charge >= 0.3 is 13.9 Å². The zero-order valence-electron chi connectivity index (χ0n) is 17.7. The Morgan fingerprint density at radius 1 is 1.38 bits per heavy atom. The molecule has 32 heavy (non-hydrogen) atoms. The van der Waals surface area contributed by atoms with E-state index in [1.54, 1.807) is 30.1 Å². The number of cyclic esters (lactones) is 1. The number of phosphoric ester groups is 1. The molecule has 0 spiro atoms. The van der Waals surface area contributed by atoms with E-state index in [1.807, 2.05) is 12.1 Å². The number of amides is 1. The summed E-state index contributed by atoms with van der Waals surface area (Å²) in [7, 11) is -4.68. The number of thioether (sulfide) groups is 1. The van der Waals surface area contributed by atoms with Crippen LogP contribution in [0.4, 0.5) is 20.7 Å². The third-order valence-corrected chi connectivity index (χ3v) is 5.97. The van der Waals surface area contributed by atoms with Crippen molar-refractivity contribution in [1.29, 1.82) is 0 Å². The van der Waals surface area contributed by atoms with Crippen LogP contribution in [-0.4, -0.2) is 65.2 Å². The topological polar surface area (TPSA) is 112 Å². The van der Waals surface area contributed by atoms with Gasteiger partial charge < -0.3 is 19.4 Å². The Balaban J connectivity index is 1.71. The van der Waals surface area contributed by atoms with Crippen LogP contribution in [0, 0.1) is 5.82 Å². The van der Waals surface area contributed by atoms with Gasteiger partial charge in [-0.25, -0.2) is 18.7 Å². The second-order valence-corrected chi connectivity index (χ2v) is 9.27. The first-order valence-corrected chi connectivity index (χ1v) is 12.8. The lowest BCUT2D eigenvalue weighted by Crippen LogP contribution is -2.26. The second kappa shape index (κ2) is 10.6. The molecule has 1 aliphatic heterocycles. The summed E-state index contributed by atoms with van der Waals surface area (Å²) in [5, 5.41) is 0. The lowest BCUT2D eigenvalue weighted by atomic mass is 10.1. The molecular formula is C20H25FN3O6PS. The van der Waals surface area contributed by atoms with Gasteiger partial charge in [0.2, 0.25) is 0 Å². The number of pyridine rings is 1. The summed E-state index contributed by atoms with van der Waals surface area (Å²) in [6.45, 7) is 3.27. The number of hydrogen-bond donors (Lipinski definition) is 2. The summed E-state index contributed by atoms with van der Waals surface area (Å²) in [5.41, 5.74) is 1.22. The monoisotopic (exact) mass is 485 g/mol. The van der Waals surface area contributed by atoms with Crippen molar-refractivity contribution < 1.29 is 32.8 Å². The molecule has 1 unspecified atom stereocenters. The SMILES string of the molecule is CCN(CCSC)c1ccc(-c2ccc(N3CC(COP(=O)(O)O)OC3=O)cc2F)cn1. The number of aromatic nitrogens is 1. The van der Waals surface area contributed by atoms with Gasteiger partial charge in [-0.2, -0.15) is 11.8 Å². The summed E-state index contributed by atoms with van der Waals surface area (Å²) in [5.74, 6) is 1.28. The van der Waals surface area contributed by atoms with Crippen LogP contribution >= 0.6 is 19.6 Å². The van der Waals surface area contributed by atoms with Crippen molar-refractivity contribution in [2.45, 2.75) is 13.0 Å². The fourth-order valence-electron chi connectivity index (χ4n) is 3.27. The van der Waals surface area contributed by atoms with Gasteiger partial charge in [0.1, 0.15) is 17.7 Å². The molecule has 1 atom stereocenters. The van der Waals surface area contributed by atoms with Gasteiger partial charge in [-0.1, -0.05) is 0 Å². The van der Waals surface area contributed by atoms with Crippen molar-refractivity contribution in [2.75, 3.05) is 48.0 Å². The van der Waals surface area contributed by atoms with Gasteiger partial charge in [0, 0.05) is 36.2 Å². The molecule has 12 heteroatoms. The van der Waals surface area contributed by atoms with Gasteiger partial charge in [0.15, 0.2) is 0 Å². The van der Waals surface area contributed by atoms with Crippen LogP contribution in [0.25, 0.3) is 11.1 Å². The highest BCUT2D eigenvalue weighted by Crippen LogP contribution is 2.37. The molecule has 1 aromatic heterocycles. The minimum absolute atomic E-state index is 0.0171. The lowest BCUT2D eigenvalue weighted by Gasteiger charge is -2.21. The number of phosphoric acid groups is 1. The van der Waals surface area contributed by atoms with Crippen LogP contribution in [0.5, 0.6) is 0 Å². The third-order valence-electron chi connectivity index (χ3n) is 4.90. The van der Waals surface area contributed by atoms with Crippen molar-refractivity contribution in [1.82, 2.24) is 4.98 Å². The number of halogens is 1. The highest BCUT2D eigenvalue weighted by atomic mass is 32.2. The predicted octanol–water partition coefficient (Wildman–Crippen LogP) is 3.51. The largest absolute Gasteiger partial charge is 0.469 e. The molecule has 2 aromatic rings. The molecule has 0 bridgehead atoms. The maximum Gasteiger partial charge on any atom is 0.469 e. The van der Waals surface area contributed by atoms with E-state index in [4.69, 9.17) is 14.5 Å². The number of nitrogens with zero attached hydrogens (tertiary/aromatic N) is 3. The molecule has 1 amide bonds. The summed E-state index contributed by atoms with van der Waals surface area (Å²) < 4.78 is 35.1. The first-order valence-electron chi connectivity index (χ1n) is 9.90.